The molecule has 108 valence electrons. The molecule has 1 aromatic rings. The predicted octanol–water partition coefficient (Wildman–Crippen LogP) is 3.21. The fourth-order valence-electron chi connectivity index (χ4n) is 2.22. The molecule has 0 unspecified atom stereocenters. The smallest absolute Gasteiger partial charge is 0.257 e. The first-order valence-corrected chi connectivity index (χ1v) is 7.07. The minimum absolute atomic E-state index is 0.0370. The molecule has 0 saturated heterocycles. The van der Waals surface area contributed by atoms with Crippen LogP contribution in [-0.2, 0) is 4.79 Å². The zero-order valence-electron chi connectivity index (χ0n) is 11.5. The standard InChI is InChI=1S/C16H20FNO2/c17-14-6-8-15(9-7-14)20-12-16(19)18-11-10-13-4-2-1-3-5-13/h4,6-9H,1-3,5,10-12H2,(H,18,19). The van der Waals surface area contributed by atoms with Crippen LogP contribution in [0.1, 0.15) is 32.1 Å². The van der Waals surface area contributed by atoms with Gasteiger partial charge in [-0.2, -0.15) is 0 Å². The van der Waals surface area contributed by atoms with Gasteiger partial charge < -0.3 is 10.1 Å². The maximum atomic E-state index is 12.7. The second-order valence-corrected chi connectivity index (χ2v) is 4.95. The number of benzene rings is 1. The molecule has 0 atom stereocenters. The molecule has 1 N–H and O–H groups in total. The second-order valence-electron chi connectivity index (χ2n) is 4.95. The molecule has 2 rings (SSSR count). The number of nitrogens with one attached hydrogen (secondary N) is 1. The van der Waals surface area contributed by atoms with Crippen molar-refractivity contribution >= 4 is 5.91 Å². The van der Waals surface area contributed by atoms with Gasteiger partial charge in [-0.15, -0.1) is 0 Å². The molecule has 1 aliphatic rings. The van der Waals surface area contributed by atoms with Crippen molar-refractivity contribution in [2.45, 2.75) is 32.1 Å². The lowest BCUT2D eigenvalue weighted by Gasteiger charge is -2.13. The third kappa shape index (κ3) is 5.03. The van der Waals surface area contributed by atoms with Crippen molar-refractivity contribution in [1.29, 1.82) is 0 Å². The van der Waals surface area contributed by atoms with Crippen LogP contribution in [0.4, 0.5) is 4.39 Å². The molecule has 0 aromatic heterocycles. The first-order chi connectivity index (χ1) is 9.74. The summed E-state index contributed by atoms with van der Waals surface area (Å²) < 4.78 is 18.0. The molecule has 1 amide bonds. The van der Waals surface area contributed by atoms with E-state index < -0.39 is 0 Å². The molecule has 0 saturated carbocycles. The topological polar surface area (TPSA) is 38.3 Å². The molecule has 0 radical (unpaired) electrons. The zero-order chi connectivity index (χ0) is 14.2. The van der Waals surface area contributed by atoms with Gasteiger partial charge in [0.25, 0.3) is 5.91 Å². The number of carbonyl (C=O) groups excluding carboxylic acids is 1. The first kappa shape index (κ1) is 14.6. The van der Waals surface area contributed by atoms with E-state index >= 15 is 0 Å². The normalized spacial score (nSPS) is 14.6. The van der Waals surface area contributed by atoms with E-state index in [1.165, 1.54) is 42.7 Å². The van der Waals surface area contributed by atoms with Crippen LogP contribution in [0.3, 0.4) is 0 Å². The van der Waals surface area contributed by atoms with Gasteiger partial charge in [-0.05, 0) is 56.4 Å². The van der Waals surface area contributed by atoms with E-state index in [0.29, 0.717) is 12.3 Å². The number of ether oxygens (including phenoxy) is 1. The lowest BCUT2D eigenvalue weighted by Crippen LogP contribution is -2.30. The van der Waals surface area contributed by atoms with Crippen molar-refractivity contribution in [1.82, 2.24) is 5.32 Å². The molecule has 0 aliphatic heterocycles. The summed E-state index contributed by atoms with van der Waals surface area (Å²) in [6.07, 6.45) is 8.06. The highest BCUT2D eigenvalue weighted by atomic mass is 19.1. The number of hydrogen-bond donors (Lipinski definition) is 1. The van der Waals surface area contributed by atoms with E-state index in [0.717, 1.165) is 19.3 Å². The summed E-state index contributed by atoms with van der Waals surface area (Å²) in [7, 11) is 0. The molecule has 4 heteroatoms. The summed E-state index contributed by atoms with van der Waals surface area (Å²) in [5.41, 5.74) is 1.44. The van der Waals surface area contributed by atoms with Crippen molar-refractivity contribution in [3.8, 4) is 5.75 Å². The van der Waals surface area contributed by atoms with Gasteiger partial charge in [0.15, 0.2) is 6.61 Å². The van der Waals surface area contributed by atoms with Crippen LogP contribution >= 0.6 is 0 Å². The number of allylic oxidation sites excluding steroid dienone is 1. The van der Waals surface area contributed by atoms with E-state index in [1.54, 1.807) is 0 Å². The van der Waals surface area contributed by atoms with Gasteiger partial charge in [0.05, 0.1) is 0 Å². The van der Waals surface area contributed by atoms with Gasteiger partial charge in [0, 0.05) is 6.54 Å². The fourth-order valence-corrected chi connectivity index (χ4v) is 2.22. The number of rotatable bonds is 6. The number of hydrogen-bond acceptors (Lipinski definition) is 2. The summed E-state index contributed by atoms with van der Waals surface area (Å²) in [4.78, 5) is 11.6. The Balaban J connectivity index is 1.62. The Labute approximate surface area is 118 Å². The largest absolute Gasteiger partial charge is 0.484 e. The van der Waals surface area contributed by atoms with E-state index in [2.05, 4.69) is 11.4 Å². The Morgan fingerprint density at radius 3 is 2.75 bits per heavy atom. The molecule has 0 bridgehead atoms. The van der Waals surface area contributed by atoms with Crippen molar-refractivity contribution in [3.05, 3.63) is 41.7 Å². The van der Waals surface area contributed by atoms with E-state index in [4.69, 9.17) is 4.74 Å². The van der Waals surface area contributed by atoms with Crippen LogP contribution in [0.25, 0.3) is 0 Å². The quantitative estimate of drug-likeness (QED) is 0.811. The average molecular weight is 277 g/mol. The Kier molecular flexibility index (Phi) is 5.59. The van der Waals surface area contributed by atoms with E-state index in [-0.39, 0.29) is 18.3 Å². The summed E-state index contributed by atoms with van der Waals surface area (Å²) in [6, 6.07) is 5.64. The van der Waals surface area contributed by atoms with E-state index in [9.17, 15) is 9.18 Å². The van der Waals surface area contributed by atoms with E-state index in [1.807, 2.05) is 0 Å². The van der Waals surface area contributed by atoms with Crippen LogP contribution in [0.15, 0.2) is 35.9 Å². The molecule has 20 heavy (non-hydrogen) atoms. The van der Waals surface area contributed by atoms with Crippen LogP contribution in [0.2, 0.25) is 0 Å². The Morgan fingerprint density at radius 1 is 1.25 bits per heavy atom. The second kappa shape index (κ2) is 7.68. The third-order valence-corrected chi connectivity index (χ3v) is 3.34. The summed E-state index contributed by atoms with van der Waals surface area (Å²) in [6.45, 7) is 0.613. The SMILES string of the molecule is O=C(COc1ccc(F)cc1)NCCC1=CCCCC1. The fraction of sp³-hybridized carbons (Fsp3) is 0.438. The Morgan fingerprint density at radius 2 is 2.05 bits per heavy atom. The van der Waals surface area contributed by atoms with Crippen molar-refractivity contribution in [2.75, 3.05) is 13.2 Å². The molecule has 1 aliphatic carbocycles. The van der Waals surface area contributed by atoms with Crippen LogP contribution < -0.4 is 10.1 Å². The molecule has 1 aromatic carbocycles. The third-order valence-electron chi connectivity index (χ3n) is 3.34. The number of carbonyl (C=O) groups is 1. The Bertz CT molecular complexity index is 468. The molecular formula is C16H20FNO2. The van der Waals surface area contributed by atoms with Gasteiger partial charge in [0.2, 0.25) is 0 Å². The summed E-state index contributed by atoms with van der Waals surface area (Å²) in [5.74, 6) is 0.0323. The summed E-state index contributed by atoms with van der Waals surface area (Å²) in [5, 5.41) is 2.83. The van der Waals surface area contributed by atoms with Crippen molar-refractivity contribution < 1.29 is 13.9 Å². The molecule has 0 heterocycles. The van der Waals surface area contributed by atoms with Gasteiger partial charge in [0.1, 0.15) is 11.6 Å². The highest BCUT2D eigenvalue weighted by Gasteiger charge is 2.05. The zero-order valence-corrected chi connectivity index (χ0v) is 11.5. The number of halogens is 1. The van der Waals surface area contributed by atoms with Crippen LogP contribution in [0, 0.1) is 5.82 Å². The van der Waals surface area contributed by atoms with Gasteiger partial charge in [-0.25, -0.2) is 4.39 Å². The monoisotopic (exact) mass is 277 g/mol. The van der Waals surface area contributed by atoms with Gasteiger partial charge >= 0.3 is 0 Å². The molecule has 3 nitrogen and oxygen atoms in total. The summed E-state index contributed by atoms with van der Waals surface area (Å²) >= 11 is 0. The molecular weight excluding hydrogens is 257 g/mol. The van der Waals surface area contributed by atoms with Crippen molar-refractivity contribution in [3.63, 3.8) is 0 Å². The highest BCUT2D eigenvalue weighted by molar-refractivity contribution is 5.77. The first-order valence-electron chi connectivity index (χ1n) is 7.07. The van der Waals surface area contributed by atoms with Crippen LogP contribution in [-0.4, -0.2) is 19.1 Å². The lowest BCUT2D eigenvalue weighted by molar-refractivity contribution is -0.123. The molecule has 0 fully saturated rings. The minimum Gasteiger partial charge on any atom is -0.484 e. The van der Waals surface area contributed by atoms with Crippen molar-refractivity contribution in [2.24, 2.45) is 0 Å². The minimum atomic E-state index is -0.317. The maximum Gasteiger partial charge on any atom is 0.257 e. The lowest BCUT2D eigenvalue weighted by atomic mass is 9.97. The number of amides is 1. The maximum absolute atomic E-state index is 12.7. The Hall–Kier alpha value is -1.84. The average Bonchev–Trinajstić information content (AvgIpc) is 2.48. The van der Waals surface area contributed by atoms with Crippen LogP contribution in [0.5, 0.6) is 5.75 Å². The predicted molar refractivity (Wildman–Crippen MR) is 76.1 cm³/mol. The van der Waals surface area contributed by atoms with Gasteiger partial charge in [-0.1, -0.05) is 11.6 Å². The van der Waals surface area contributed by atoms with Gasteiger partial charge in [-0.3, -0.25) is 4.79 Å². The highest BCUT2D eigenvalue weighted by Crippen LogP contribution is 2.19. The molecule has 0 spiro atoms.